The molecular formula is C18H23N3O2S. The van der Waals surface area contributed by atoms with Crippen molar-refractivity contribution in [1.29, 1.82) is 0 Å². The standard InChI is InChI=1S/C18H23N3O2S/c1-16-3-5-18(6-4-16)24(22,23)21-12-2-11-20(13-14-21)15-17-7-9-19-10-8-17/h3-10H,2,11-15H2,1H3. The first kappa shape index (κ1) is 17.1. The second kappa shape index (κ2) is 7.42. The van der Waals surface area contributed by atoms with Crippen LogP contribution in [-0.2, 0) is 16.6 Å². The summed E-state index contributed by atoms with van der Waals surface area (Å²) >= 11 is 0. The average Bonchev–Trinajstić information content (AvgIpc) is 2.82. The summed E-state index contributed by atoms with van der Waals surface area (Å²) in [7, 11) is -3.40. The first-order valence-electron chi connectivity index (χ1n) is 8.24. The van der Waals surface area contributed by atoms with E-state index < -0.39 is 10.0 Å². The fourth-order valence-corrected chi connectivity index (χ4v) is 4.42. The van der Waals surface area contributed by atoms with Crippen molar-refractivity contribution in [1.82, 2.24) is 14.2 Å². The Balaban J connectivity index is 1.67. The molecule has 1 aromatic heterocycles. The van der Waals surface area contributed by atoms with Gasteiger partial charge in [-0.3, -0.25) is 9.88 Å². The predicted octanol–water partition coefficient (Wildman–Crippen LogP) is 2.29. The van der Waals surface area contributed by atoms with Crippen LogP contribution in [0.5, 0.6) is 0 Å². The van der Waals surface area contributed by atoms with Crippen molar-refractivity contribution < 1.29 is 8.42 Å². The van der Waals surface area contributed by atoms with Gasteiger partial charge in [-0.1, -0.05) is 17.7 Å². The Hall–Kier alpha value is -1.76. The van der Waals surface area contributed by atoms with Crippen molar-refractivity contribution in [3.8, 4) is 0 Å². The first-order valence-corrected chi connectivity index (χ1v) is 9.68. The molecule has 1 saturated heterocycles. The molecule has 2 heterocycles. The largest absolute Gasteiger partial charge is 0.298 e. The summed E-state index contributed by atoms with van der Waals surface area (Å²) in [6.45, 7) is 5.54. The molecule has 0 saturated carbocycles. The van der Waals surface area contributed by atoms with Crippen LogP contribution in [0.2, 0.25) is 0 Å². The van der Waals surface area contributed by atoms with Crippen LogP contribution in [-0.4, -0.2) is 48.8 Å². The summed E-state index contributed by atoms with van der Waals surface area (Å²) in [4.78, 5) is 6.73. The number of benzene rings is 1. The van der Waals surface area contributed by atoms with Gasteiger partial charge >= 0.3 is 0 Å². The molecule has 5 nitrogen and oxygen atoms in total. The van der Waals surface area contributed by atoms with Gasteiger partial charge in [-0.05, 0) is 49.7 Å². The van der Waals surface area contributed by atoms with Crippen LogP contribution < -0.4 is 0 Å². The van der Waals surface area contributed by atoms with E-state index in [2.05, 4.69) is 9.88 Å². The normalized spacial score (nSPS) is 17.5. The Kier molecular flexibility index (Phi) is 5.28. The smallest absolute Gasteiger partial charge is 0.243 e. The summed E-state index contributed by atoms with van der Waals surface area (Å²) in [6.07, 6.45) is 4.43. The quantitative estimate of drug-likeness (QED) is 0.853. The number of hydrogen-bond acceptors (Lipinski definition) is 4. The van der Waals surface area contributed by atoms with Crippen molar-refractivity contribution in [2.75, 3.05) is 26.2 Å². The first-order chi connectivity index (χ1) is 11.6. The third kappa shape index (κ3) is 4.01. The second-order valence-electron chi connectivity index (χ2n) is 6.20. The SMILES string of the molecule is Cc1ccc(S(=O)(=O)N2CCCN(Cc3ccncc3)CC2)cc1. The van der Waals surface area contributed by atoms with E-state index in [9.17, 15) is 8.42 Å². The molecule has 1 aliphatic rings. The molecule has 2 aromatic rings. The van der Waals surface area contributed by atoms with E-state index in [0.717, 1.165) is 31.6 Å². The van der Waals surface area contributed by atoms with Gasteiger partial charge in [-0.2, -0.15) is 4.31 Å². The fraction of sp³-hybridized carbons (Fsp3) is 0.389. The van der Waals surface area contributed by atoms with Crippen LogP contribution in [0.15, 0.2) is 53.7 Å². The minimum Gasteiger partial charge on any atom is -0.298 e. The van der Waals surface area contributed by atoms with Crippen LogP contribution in [0.3, 0.4) is 0 Å². The summed E-state index contributed by atoms with van der Waals surface area (Å²) in [5.74, 6) is 0. The number of aromatic nitrogens is 1. The van der Waals surface area contributed by atoms with Gasteiger partial charge in [-0.15, -0.1) is 0 Å². The molecule has 6 heteroatoms. The number of rotatable bonds is 4. The van der Waals surface area contributed by atoms with Crippen LogP contribution >= 0.6 is 0 Å². The fourth-order valence-electron chi connectivity index (χ4n) is 2.95. The molecule has 0 spiro atoms. The van der Waals surface area contributed by atoms with E-state index in [1.807, 2.05) is 31.2 Å². The highest BCUT2D eigenvalue weighted by atomic mass is 32.2. The summed E-state index contributed by atoms with van der Waals surface area (Å²) in [5.41, 5.74) is 2.27. The van der Waals surface area contributed by atoms with Gasteiger partial charge in [0.05, 0.1) is 4.90 Å². The lowest BCUT2D eigenvalue weighted by Gasteiger charge is -2.22. The molecular weight excluding hydrogens is 322 g/mol. The number of pyridine rings is 1. The third-order valence-corrected chi connectivity index (χ3v) is 6.27. The lowest BCUT2D eigenvalue weighted by Crippen LogP contribution is -2.35. The summed E-state index contributed by atoms with van der Waals surface area (Å²) < 4.78 is 27.2. The maximum Gasteiger partial charge on any atom is 0.243 e. The molecule has 0 aliphatic carbocycles. The van der Waals surface area contributed by atoms with Gasteiger partial charge in [0.2, 0.25) is 10.0 Å². The molecule has 1 fully saturated rings. The van der Waals surface area contributed by atoms with Crippen LogP contribution in [0, 0.1) is 6.92 Å². The molecule has 0 radical (unpaired) electrons. The maximum atomic E-state index is 12.8. The zero-order chi connectivity index (χ0) is 17.0. The van der Waals surface area contributed by atoms with E-state index in [1.54, 1.807) is 28.8 Å². The van der Waals surface area contributed by atoms with E-state index in [1.165, 1.54) is 5.56 Å². The zero-order valence-corrected chi connectivity index (χ0v) is 14.7. The monoisotopic (exact) mass is 345 g/mol. The van der Waals surface area contributed by atoms with Crippen molar-refractivity contribution in [2.24, 2.45) is 0 Å². The summed E-state index contributed by atoms with van der Waals surface area (Å²) in [5, 5.41) is 0. The molecule has 0 atom stereocenters. The molecule has 24 heavy (non-hydrogen) atoms. The molecule has 0 N–H and O–H groups in total. The van der Waals surface area contributed by atoms with Crippen molar-refractivity contribution in [2.45, 2.75) is 24.8 Å². The van der Waals surface area contributed by atoms with Gasteiger partial charge in [-0.25, -0.2) is 8.42 Å². The highest BCUT2D eigenvalue weighted by Crippen LogP contribution is 2.19. The topological polar surface area (TPSA) is 53.5 Å². The van der Waals surface area contributed by atoms with E-state index in [4.69, 9.17) is 0 Å². The Labute approximate surface area is 144 Å². The van der Waals surface area contributed by atoms with E-state index >= 15 is 0 Å². The van der Waals surface area contributed by atoms with Crippen molar-refractivity contribution in [3.63, 3.8) is 0 Å². The molecule has 0 bridgehead atoms. The molecule has 0 unspecified atom stereocenters. The van der Waals surface area contributed by atoms with Gasteiger partial charge in [0.15, 0.2) is 0 Å². The Morgan fingerprint density at radius 2 is 1.67 bits per heavy atom. The lowest BCUT2D eigenvalue weighted by molar-refractivity contribution is 0.278. The summed E-state index contributed by atoms with van der Waals surface area (Å²) in [6, 6.07) is 11.1. The average molecular weight is 345 g/mol. The number of nitrogens with zero attached hydrogens (tertiary/aromatic N) is 3. The van der Waals surface area contributed by atoms with E-state index in [0.29, 0.717) is 18.0 Å². The number of sulfonamides is 1. The van der Waals surface area contributed by atoms with E-state index in [-0.39, 0.29) is 0 Å². The third-order valence-electron chi connectivity index (χ3n) is 4.36. The molecule has 1 aliphatic heterocycles. The van der Waals surface area contributed by atoms with Gasteiger partial charge in [0.25, 0.3) is 0 Å². The highest BCUT2D eigenvalue weighted by molar-refractivity contribution is 7.89. The van der Waals surface area contributed by atoms with Crippen molar-refractivity contribution >= 4 is 10.0 Å². The van der Waals surface area contributed by atoms with Gasteiger partial charge in [0, 0.05) is 38.6 Å². The Bertz CT molecular complexity index is 761. The zero-order valence-electron chi connectivity index (χ0n) is 13.9. The van der Waals surface area contributed by atoms with Gasteiger partial charge < -0.3 is 0 Å². The number of hydrogen-bond donors (Lipinski definition) is 0. The molecule has 128 valence electrons. The maximum absolute atomic E-state index is 12.8. The van der Waals surface area contributed by atoms with Crippen LogP contribution in [0.4, 0.5) is 0 Å². The van der Waals surface area contributed by atoms with Gasteiger partial charge in [0.1, 0.15) is 0 Å². The van der Waals surface area contributed by atoms with Crippen molar-refractivity contribution in [3.05, 3.63) is 59.9 Å². The second-order valence-corrected chi connectivity index (χ2v) is 8.14. The minimum atomic E-state index is -3.40. The molecule has 1 aromatic carbocycles. The minimum absolute atomic E-state index is 0.385. The number of aryl methyl sites for hydroxylation is 1. The van der Waals surface area contributed by atoms with Crippen LogP contribution in [0.1, 0.15) is 17.5 Å². The van der Waals surface area contributed by atoms with Crippen LogP contribution in [0.25, 0.3) is 0 Å². The molecule has 0 amide bonds. The Morgan fingerprint density at radius 1 is 0.958 bits per heavy atom. The molecule has 3 rings (SSSR count). The highest BCUT2D eigenvalue weighted by Gasteiger charge is 2.26. The lowest BCUT2D eigenvalue weighted by atomic mass is 10.2. The predicted molar refractivity (Wildman–Crippen MR) is 94.1 cm³/mol. The Morgan fingerprint density at radius 3 is 2.38 bits per heavy atom.